The van der Waals surface area contributed by atoms with Gasteiger partial charge in [0.25, 0.3) is 0 Å². The molecule has 1 aliphatic heterocycles. The number of amides is 2. The maximum Gasteiger partial charge on any atom is 0.223 e. The first-order valence-corrected chi connectivity index (χ1v) is 10.5. The van der Waals surface area contributed by atoms with Gasteiger partial charge in [-0.05, 0) is 50.5 Å². The minimum Gasteiger partial charge on any atom is -0.391 e. The first-order chi connectivity index (χ1) is 13.6. The molecule has 0 radical (unpaired) electrons. The van der Waals surface area contributed by atoms with Gasteiger partial charge in [-0.25, -0.2) is 0 Å². The van der Waals surface area contributed by atoms with Crippen LogP contribution in [0.15, 0.2) is 30.3 Å². The van der Waals surface area contributed by atoms with E-state index in [0.29, 0.717) is 32.6 Å². The zero-order valence-corrected chi connectivity index (χ0v) is 16.4. The quantitative estimate of drug-likeness (QED) is 0.593. The smallest absolute Gasteiger partial charge is 0.223 e. The summed E-state index contributed by atoms with van der Waals surface area (Å²) in [5, 5.41) is 16.2. The average Bonchev–Trinajstić information content (AvgIpc) is 3.09. The van der Waals surface area contributed by atoms with Crippen LogP contribution in [0.2, 0.25) is 0 Å². The van der Waals surface area contributed by atoms with E-state index < -0.39 is 6.10 Å². The van der Waals surface area contributed by atoms with Crippen molar-refractivity contribution in [2.45, 2.75) is 57.1 Å². The number of benzene rings is 1. The van der Waals surface area contributed by atoms with Gasteiger partial charge in [-0.3, -0.25) is 9.59 Å². The van der Waals surface area contributed by atoms with Gasteiger partial charge in [0.2, 0.25) is 11.8 Å². The molecule has 0 bridgehead atoms. The van der Waals surface area contributed by atoms with E-state index >= 15 is 0 Å². The van der Waals surface area contributed by atoms with Crippen LogP contribution in [0.25, 0.3) is 0 Å². The molecule has 1 heterocycles. The van der Waals surface area contributed by atoms with Gasteiger partial charge in [-0.15, -0.1) is 0 Å². The summed E-state index contributed by atoms with van der Waals surface area (Å²) in [6.45, 7) is 1.87. The van der Waals surface area contributed by atoms with E-state index in [1.54, 1.807) is 0 Å². The van der Waals surface area contributed by atoms with Crippen molar-refractivity contribution in [1.29, 1.82) is 0 Å². The summed E-state index contributed by atoms with van der Waals surface area (Å²) in [6.07, 6.45) is 4.68. The van der Waals surface area contributed by atoms with Gasteiger partial charge >= 0.3 is 0 Å². The molecule has 3 rings (SSSR count). The van der Waals surface area contributed by atoms with Crippen LogP contribution < -0.4 is 10.6 Å². The molecule has 154 valence electrons. The highest BCUT2D eigenvalue weighted by molar-refractivity contribution is 5.81. The van der Waals surface area contributed by atoms with Crippen LogP contribution in [0.3, 0.4) is 0 Å². The number of unbranched alkanes of at least 4 members (excludes halogenated alkanes) is 1. The largest absolute Gasteiger partial charge is 0.391 e. The fourth-order valence-corrected chi connectivity index (χ4v) is 4.10. The minimum atomic E-state index is -0.655. The Bertz CT molecular complexity index is 631. The molecule has 1 aromatic rings. The zero-order chi connectivity index (χ0) is 19.8. The third kappa shape index (κ3) is 6.04. The lowest BCUT2D eigenvalue weighted by atomic mass is 9.98. The van der Waals surface area contributed by atoms with Gasteiger partial charge < -0.3 is 20.5 Å². The molecule has 1 aliphatic carbocycles. The molecule has 28 heavy (non-hydrogen) atoms. The monoisotopic (exact) mass is 388 g/mol. The van der Waals surface area contributed by atoms with Crippen molar-refractivity contribution >= 4 is 11.8 Å². The Morgan fingerprint density at radius 2 is 1.75 bits per heavy atom. The Hall–Kier alpha value is -1.92. The maximum atomic E-state index is 12.4. The van der Waals surface area contributed by atoms with Gasteiger partial charge in [0.05, 0.1) is 12.1 Å². The fraction of sp³-hybridized carbons (Fsp3) is 0.636. The molecule has 6 nitrogen and oxygen atoms in total. The number of carbonyl (C=O) groups is 2. The normalized spacial score (nSPS) is 25.4. The number of hydrogen-bond acceptors (Lipinski definition) is 4. The molecule has 0 spiro atoms. The minimum absolute atomic E-state index is 0.0124. The number of aliphatic hydroxyl groups excluding tert-OH is 1. The molecular formula is C22H32N2O4. The van der Waals surface area contributed by atoms with E-state index in [-0.39, 0.29) is 29.7 Å². The molecule has 1 aromatic carbocycles. The summed E-state index contributed by atoms with van der Waals surface area (Å²) in [7, 11) is 0. The van der Waals surface area contributed by atoms with E-state index in [4.69, 9.17) is 4.74 Å². The molecule has 2 amide bonds. The number of rotatable bonds is 8. The van der Waals surface area contributed by atoms with E-state index in [9.17, 15) is 14.7 Å². The molecular weight excluding hydrogens is 356 g/mol. The molecule has 1 saturated heterocycles. The Labute approximate surface area is 167 Å². The van der Waals surface area contributed by atoms with Crippen LogP contribution in [-0.2, 0) is 20.7 Å². The molecule has 2 fully saturated rings. The van der Waals surface area contributed by atoms with Gasteiger partial charge in [-0.1, -0.05) is 30.3 Å². The topological polar surface area (TPSA) is 87.7 Å². The molecule has 6 heteroatoms. The van der Waals surface area contributed by atoms with E-state index in [2.05, 4.69) is 22.8 Å². The number of ether oxygens (including phenoxy) is 1. The second-order valence-electron chi connectivity index (χ2n) is 7.97. The van der Waals surface area contributed by atoms with Crippen molar-refractivity contribution in [3.63, 3.8) is 0 Å². The van der Waals surface area contributed by atoms with Crippen LogP contribution in [0.5, 0.6) is 0 Å². The molecule has 3 atom stereocenters. The standard InChI is InChI=1S/C22H32N2O4/c25-20-15-18(14-19(20)24-22(27)17-9-12-28-13-10-17)21(26)23-11-5-4-8-16-6-2-1-3-7-16/h1-3,6-7,17-20,25H,4-5,8-15H2,(H,23,26)(H,24,27)/t18-,19+,20+/m0/s1. The van der Waals surface area contributed by atoms with Crippen LogP contribution in [-0.4, -0.2) is 48.8 Å². The zero-order valence-electron chi connectivity index (χ0n) is 16.4. The highest BCUT2D eigenvalue weighted by atomic mass is 16.5. The maximum absolute atomic E-state index is 12.4. The van der Waals surface area contributed by atoms with Crippen molar-refractivity contribution in [1.82, 2.24) is 10.6 Å². The number of carbonyl (C=O) groups excluding carboxylic acids is 2. The lowest BCUT2D eigenvalue weighted by Gasteiger charge is -2.24. The predicted octanol–water partition coefficient (Wildman–Crippen LogP) is 1.81. The SMILES string of the molecule is O=C(N[C@@H]1C[C@H](C(=O)NCCCCc2ccccc2)C[C@H]1O)C1CCOCC1. The first kappa shape index (κ1) is 20.8. The summed E-state index contributed by atoms with van der Waals surface area (Å²) in [5.74, 6) is -0.307. The highest BCUT2D eigenvalue weighted by Crippen LogP contribution is 2.27. The predicted molar refractivity (Wildman–Crippen MR) is 107 cm³/mol. The second kappa shape index (κ2) is 10.6. The van der Waals surface area contributed by atoms with Gasteiger partial charge in [-0.2, -0.15) is 0 Å². The van der Waals surface area contributed by atoms with E-state index in [1.165, 1.54) is 5.56 Å². The second-order valence-corrected chi connectivity index (χ2v) is 7.97. The summed E-state index contributed by atoms with van der Waals surface area (Å²) < 4.78 is 5.29. The molecule has 3 N–H and O–H groups in total. The third-order valence-corrected chi connectivity index (χ3v) is 5.85. The Morgan fingerprint density at radius 3 is 2.50 bits per heavy atom. The van der Waals surface area contributed by atoms with Gasteiger partial charge in [0.1, 0.15) is 0 Å². The Morgan fingerprint density at radius 1 is 1.00 bits per heavy atom. The molecule has 0 unspecified atom stereocenters. The number of aliphatic hydroxyl groups is 1. The Balaban J connectivity index is 1.33. The first-order valence-electron chi connectivity index (χ1n) is 10.5. The molecule has 2 aliphatic rings. The van der Waals surface area contributed by atoms with Crippen LogP contribution in [0, 0.1) is 11.8 Å². The van der Waals surface area contributed by atoms with E-state index in [0.717, 1.165) is 32.1 Å². The summed E-state index contributed by atoms with van der Waals surface area (Å²) in [6, 6.07) is 10.0. The lowest BCUT2D eigenvalue weighted by Crippen LogP contribution is -2.44. The van der Waals surface area contributed by atoms with Crippen LogP contribution in [0.1, 0.15) is 44.1 Å². The van der Waals surface area contributed by atoms with E-state index in [1.807, 2.05) is 18.2 Å². The number of nitrogens with one attached hydrogen (secondary N) is 2. The average molecular weight is 389 g/mol. The lowest BCUT2D eigenvalue weighted by molar-refractivity contribution is -0.129. The van der Waals surface area contributed by atoms with Crippen LogP contribution in [0.4, 0.5) is 0 Å². The van der Waals surface area contributed by atoms with Gasteiger partial charge in [0.15, 0.2) is 0 Å². The Kier molecular flexibility index (Phi) is 7.86. The van der Waals surface area contributed by atoms with Crippen LogP contribution >= 0.6 is 0 Å². The van der Waals surface area contributed by atoms with Crippen molar-refractivity contribution in [3.8, 4) is 0 Å². The van der Waals surface area contributed by atoms with Gasteiger partial charge in [0, 0.05) is 31.6 Å². The highest BCUT2D eigenvalue weighted by Gasteiger charge is 2.38. The van der Waals surface area contributed by atoms with Crippen molar-refractivity contribution < 1.29 is 19.4 Å². The summed E-state index contributed by atoms with van der Waals surface area (Å²) in [5.41, 5.74) is 1.32. The summed E-state index contributed by atoms with van der Waals surface area (Å²) >= 11 is 0. The number of aryl methyl sites for hydroxylation is 1. The molecule has 1 saturated carbocycles. The number of hydrogen-bond donors (Lipinski definition) is 3. The fourth-order valence-electron chi connectivity index (χ4n) is 4.10. The van der Waals surface area contributed by atoms with Crippen molar-refractivity contribution in [3.05, 3.63) is 35.9 Å². The molecule has 0 aromatic heterocycles. The van der Waals surface area contributed by atoms with Crippen molar-refractivity contribution in [2.24, 2.45) is 11.8 Å². The third-order valence-electron chi connectivity index (χ3n) is 5.85. The van der Waals surface area contributed by atoms with Crippen molar-refractivity contribution in [2.75, 3.05) is 19.8 Å². The summed E-state index contributed by atoms with van der Waals surface area (Å²) in [4.78, 5) is 24.8.